The van der Waals surface area contributed by atoms with E-state index in [1.165, 1.54) is 12.8 Å². The fourth-order valence-corrected chi connectivity index (χ4v) is 2.97. The van der Waals surface area contributed by atoms with Crippen molar-refractivity contribution in [1.82, 2.24) is 20.6 Å². The minimum Gasteiger partial charge on any atom is -0.474 e. The second kappa shape index (κ2) is 9.34. The van der Waals surface area contributed by atoms with Gasteiger partial charge in [-0.3, -0.25) is 0 Å². The lowest BCUT2D eigenvalue weighted by atomic mass is 10.1. The topological polar surface area (TPSA) is 68.3 Å². The van der Waals surface area contributed by atoms with Gasteiger partial charge in [0.15, 0.2) is 0 Å². The summed E-state index contributed by atoms with van der Waals surface area (Å²) >= 11 is 0. The van der Waals surface area contributed by atoms with Crippen molar-refractivity contribution in [2.75, 3.05) is 26.2 Å². The van der Waals surface area contributed by atoms with Gasteiger partial charge in [-0.05, 0) is 64.7 Å². The van der Waals surface area contributed by atoms with Gasteiger partial charge in [0.25, 0.3) is 0 Å². The highest BCUT2D eigenvalue weighted by Gasteiger charge is 2.20. The first-order chi connectivity index (χ1) is 12.2. The Kier molecular flexibility index (Phi) is 6.87. The van der Waals surface area contributed by atoms with Crippen LogP contribution in [0.15, 0.2) is 6.33 Å². The summed E-state index contributed by atoms with van der Waals surface area (Å²) in [5.41, 5.74) is 0.912. The summed E-state index contributed by atoms with van der Waals surface area (Å²) in [7, 11) is 0. The molecule has 140 valence electrons. The Bertz CT molecular complexity index is 486. The summed E-state index contributed by atoms with van der Waals surface area (Å²) in [6, 6.07) is 0. The smallest absolute Gasteiger partial charge is 0.223 e. The summed E-state index contributed by atoms with van der Waals surface area (Å²) in [5, 5.41) is 6.67. The molecule has 3 aliphatic rings. The molecule has 1 aliphatic carbocycles. The second-order valence-electron chi connectivity index (χ2n) is 7.43. The zero-order chi connectivity index (χ0) is 17.5. The van der Waals surface area contributed by atoms with Crippen LogP contribution in [0.3, 0.4) is 0 Å². The average Bonchev–Trinajstić information content (AvgIpc) is 3.43. The quantitative estimate of drug-likeness (QED) is 0.871. The SMILES string of the molecule is CC1CC1.Cc1c(OC2CCNCC2)ncnc1OC1CCNCC1. The predicted molar refractivity (Wildman–Crippen MR) is 98.2 cm³/mol. The Labute approximate surface area is 151 Å². The van der Waals surface area contributed by atoms with Gasteiger partial charge >= 0.3 is 0 Å². The normalized spacial score (nSPS) is 22.0. The van der Waals surface area contributed by atoms with Gasteiger partial charge in [0.1, 0.15) is 18.5 Å². The molecule has 3 fully saturated rings. The Morgan fingerprint density at radius 1 is 0.800 bits per heavy atom. The third kappa shape index (κ3) is 6.12. The van der Waals surface area contributed by atoms with Gasteiger partial charge in [0.2, 0.25) is 11.8 Å². The van der Waals surface area contributed by atoms with Gasteiger partial charge in [-0.2, -0.15) is 0 Å². The van der Waals surface area contributed by atoms with Crippen molar-refractivity contribution in [3.8, 4) is 11.8 Å². The highest BCUT2D eigenvalue weighted by Crippen LogP contribution is 2.27. The number of rotatable bonds is 4. The second-order valence-corrected chi connectivity index (χ2v) is 7.43. The van der Waals surface area contributed by atoms with Gasteiger partial charge in [-0.1, -0.05) is 19.8 Å². The number of hydrogen-bond acceptors (Lipinski definition) is 6. The molecular weight excluding hydrogens is 316 g/mol. The van der Waals surface area contributed by atoms with Crippen LogP contribution in [-0.4, -0.2) is 48.4 Å². The minimum atomic E-state index is 0.242. The maximum atomic E-state index is 6.03. The van der Waals surface area contributed by atoms with Crippen LogP contribution >= 0.6 is 0 Å². The van der Waals surface area contributed by atoms with Crippen molar-refractivity contribution in [2.45, 2.75) is 64.6 Å². The summed E-state index contributed by atoms with van der Waals surface area (Å²) in [6.07, 6.45) is 9.09. The fraction of sp³-hybridized carbons (Fsp3) is 0.789. The molecule has 0 amide bonds. The first kappa shape index (κ1) is 18.4. The van der Waals surface area contributed by atoms with Gasteiger partial charge < -0.3 is 20.1 Å². The molecule has 0 aromatic carbocycles. The monoisotopic (exact) mass is 348 g/mol. The highest BCUT2D eigenvalue weighted by molar-refractivity contribution is 5.33. The van der Waals surface area contributed by atoms with Gasteiger partial charge in [-0.25, -0.2) is 9.97 Å². The molecule has 1 aromatic rings. The Morgan fingerprint density at radius 3 is 1.56 bits per heavy atom. The summed E-state index contributed by atoms with van der Waals surface area (Å²) in [5.74, 6) is 2.42. The van der Waals surface area contributed by atoms with Crippen LogP contribution in [0.2, 0.25) is 0 Å². The molecule has 0 radical (unpaired) electrons. The molecule has 0 spiro atoms. The van der Waals surface area contributed by atoms with E-state index in [1.807, 2.05) is 6.92 Å². The van der Waals surface area contributed by atoms with E-state index in [9.17, 15) is 0 Å². The molecule has 25 heavy (non-hydrogen) atoms. The molecule has 0 unspecified atom stereocenters. The molecule has 0 atom stereocenters. The third-order valence-corrected chi connectivity index (χ3v) is 4.99. The number of aromatic nitrogens is 2. The first-order valence-corrected chi connectivity index (χ1v) is 9.78. The van der Waals surface area contributed by atoms with E-state index in [1.54, 1.807) is 6.33 Å². The van der Waals surface area contributed by atoms with Crippen molar-refractivity contribution in [2.24, 2.45) is 5.92 Å². The van der Waals surface area contributed by atoms with Crippen molar-refractivity contribution in [3.63, 3.8) is 0 Å². The maximum absolute atomic E-state index is 6.03. The number of nitrogens with one attached hydrogen (secondary N) is 2. The molecule has 4 rings (SSSR count). The molecule has 1 aromatic heterocycles. The molecule has 3 heterocycles. The molecule has 2 saturated heterocycles. The maximum Gasteiger partial charge on any atom is 0.223 e. The van der Waals surface area contributed by atoms with E-state index in [2.05, 4.69) is 27.5 Å². The molecular formula is C19H32N4O2. The third-order valence-electron chi connectivity index (χ3n) is 4.99. The first-order valence-electron chi connectivity index (χ1n) is 9.78. The zero-order valence-corrected chi connectivity index (χ0v) is 15.6. The number of ether oxygens (including phenoxy) is 2. The van der Waals surface area contributed by atoms with Gasteiger partial charge in [0.05, 0.1) is 5.56 Å². The van der Waals surface area contributed by atoms with Crippen LogP contribution in [0.4, 0.5) is 0 Å². The van der Waals surface area contributed by atoms with E-state index in [0.717, 1.165) is 63.3 Å². The van der Waals surface area contributed by atoms with E-state index in [4.69, 9.17) is 9.47 Å². The molecule has 0 bridgehead atoms. The van der Waals surface area contributed by atoms with Crippen molar-refractivity contribution >= 4 is 0 Å². The predicted octanol–water partition coefficient (Wildman–Crippen LogP) is 2.46. The highest BCUT2D eigenvalue weighted by atomic mass is 16.5. The lowest BCUT2D eigenvalue weighted by Crippen LogP contribution is -2.35. The van der Waals surface area contributed by atoms with Crippen LogP contribution < -0.4 is 20.1 Å². The Balaban J connectivity index is 0.000000401. The van der Waals surface area contributed by atoms with Crippen molar-refractivity contribution in [1.29, 1.82) is 0 Å². The zero-order valence-electron chi connectivity index (χ0n) is 15.6. The van der Waals surface area contributed by atoms with E-state index < -0.39 is 0 Å². The van der Waals surface area contributed by atoms with Crippen LogP contribution in [0.1, 0.15) is 51.0 Å². The number of hydrogen-bond donors (Lipinski definition) is 2. The lowest BCUT2D eigenvalue weighted by molar-refractivity contribution is 0.142. The summed E-state index contributed by atoms with van der Waals surface area (Å²) in [6.45, 7) is 8.29. The number of nitrogens with zero attached hydrogens (tertiary/aromatic N) is 2. The average molecular weight is 348 g/mol. The molecule has 2 N–H and O–H groups in total. The lowest BCUT2D eigenvalue weighted by Gasteiger charge is -2.26. The summed E-state index contributed by atoms with van der Waals surface area (Å²) in [4.78, 5) is 8.56. The van der Waals surface area contributed by atoms with Crippen LogP contribution in [-0.2, 0) is 0 Å². The largest absolute Gasteiger partial charge is 0.474 e. The molecule has 2 aliphatic heterocycles. The van der Waals surface area contributed by atoms with Crippen LogP contribution in [0.25, 0.3) is 0 Å². The Hall–Kier alpha value is -1.40. The van der Waals surface area contributed by atoms with Gasteiger partial charge in [0, 0.05) is 0 Å². The van der Waals surface area contributed by atoms with E-state index in [0.29, 0.717) is 11.8 Å². The molecule has 6 heteroatoms. The van der Waals surface area contributed by atoms with Crippen molar-refractivity contribution in [3.05, 3.63) is 11.9 Å². The summed E-state index contributed by atoms with van der Waals surface area (Å²) < 4.78 is 12.1. The van der Waals surface area contributed by atoms with Crippen LogP contribution in [0.5, 0.6) is 11.8 Å². The Morgan fingerprint density at radius 2 is 1.20 bits per heavy atom. The molecule has 6 nitrogen and oxygen atoms in total. The molecule has 1 saturated carbocycles. The van der Waals surface area contributed by atoms with Crippen LogP contribution in [0, 0.1) is 12.8 Å². The van der Waals surface area contributed by atoms with Crippen molar-refractivity contribution < 1.29 is 9.47 Å². The minimum absolute atomic E-state index is 0.242. The van der Waals surface area contributed by atoms with Gasteiger partial charge in [-0.15, -0.1) is 0 Å². The van der Waals surface area contributed by atoms with E-state index >= 15 is 0 Å². The van der Waals surface area contributed by atoms with E-state index in [-0.39, 0.29) is 12.2 Å². The standard InChI is InChI=1S/C15H24N4O2.C4H8/c1-11-14(20-12-2-6-16-7-3-12)18-10-19-15(11)21-13-4-8-17-9-5-13;1-4-2-3-4/h10,12-13,16-17H,2-9H2,1H3;4H,2-3H2,1H3. The number of piperidine rings is 2. The fourth-order valence-electron chi connectivity index (χ4n) is 2.97.